The number of carbonyl (C=O) groups is 1. The lowest BCUT2D eigenvalue weighted by Crippen LogP contribution is -2.37. The van der Waals surface area contributed by atoms with Crippen molar-refractivity contribution in [1.82, 2.24) is 4.90 Å². The first-order valence-electron chi connectivity index (χ1n) is 4.71. The molecule has 0 bridgehead atoms. The molecule has 0 radical (unpaired) electrons. The second kappa shape index (κ2) is 5.32. The summed E-state index contributed by atoms with van der Waals surface area (Å²) in [7, 11) is 1.78. The van der Waals surface area contributed by atoms with Crippen molar-refractivity contribution in [2.45, 2.75) is 25.9 Å². The summed E-state index contributed by atoms with van der Waals surface area (Å²) in [5, 5.41) is 8.96. The molecule has 1 unspecified atom stereocenters. The van der Waals surface area contributed by atoms with Gasteiger partial charge < -0.3 is 9.52 Å². The predicted octanol–water partition coefficient (Wildman–Crippen LogP) is 2.34. The van der Waals surface area contributed by atoms with E-state index in [0.717, 1.165) is 10.2 Å². The van der Waals surface area contributed by atoms with Crippen molar-refractivity contribution in [2.24, 2.45) is 0 Å². The van der Waals surface area contributed by atoms with Gasteiger partial charge in [0.15, 0.2) is 0 Å². The Balaban J connectivity index is 2.66. The highest BCUT2D eigenvalue weighted by molar-refractivity contribution is 9.10. The van der Waals surface area contributed by atoms with Crippen LogP contribution in [0.1, 0.15) is 19.1 Å². The van der Waals surface area contributed by atoms with Crippen LogP contribution in [0.15, 0.2) is 21.2 Å². The van der Waals surface area contributed by atoms with Crippen LogP contribution >= 0.6 is 15.9 Å². The maximum Gasteiger partial charge on any atom is 0.320 e. The van der Waals surface area contributed by atoms with E-state index in [9.17, 15) is 4.79 Å². The number of hydrogen-bond acceptors (Lipinski definition) is 3. The van der Waals surface area contributed by atoms with Crippen molar-refractivity contribution in [3.8, 4) is 0 Å². The zero-order valence-electron chi connectivity index (χ0n) is 8.74. The molecular weight excluding hydrogens is 262 g/mol. The second-order valence-electron chi connectivity index (χ2n) is 3.37. The van der Waals surface area contributed by atoms with E-state index in [1.165, 1.54) is 0 Å². The lowest BCUT2D eigenvalue weighted by atomic mass is 10.2. The van der Waals surface area contributed by atoms with Gasteiger partial charge in [0.25, 0.3) is 0 Å². The average molecular weight is 276 g/mol. The van der Waals surface area contributed by atoms with Gasteiger partial charge in [-0.2, -0.15) is 0 Å². The summed E-state index contributed by atoms with van der Waals surface area (Å²) < 4.78 is 6.10. The fourth-order valence-electron chi connectivity index (χ4n) is 1.45. The van der Waals surface area contributed by atoms with Gasteiger partial charge in [0.05, 0.1) is 17.3 Å². The molecule has 1 rings (SSSR count). The average Bonchev–Trinajstić information content (AvgIpc) is 2.52. The fourth-order valence-corrected chi connectivity index (χ4v) is 1.78. The van der Waals surface area contributed by atoms with Crippen molar-refractivity contribution in [3.05, 3.63) is 22.6 Å². The smallest absolute Gasteiger partial charge is 0.320 e. The standard InChI is InChI=1S/C10H14BrNO3/c1-3-8(10(13)14)12(2)6-9-7(11)4-5-15-9/h4-5,8H,3,6H2,1-2H3,(H,13,14). The van der Waals surface area contributed by atoms with Crippen LogP contribution < -0.4 is 0 Å². The zero-order valence-corrected chi connectivity index (χ0v) is 10.3. The minimum Gasteiger partial charge on any atom is -0.480 e. The Bertz CT molecular complexity index is 337. The summed E-state index contributed by atoms with van der Waals surface area (Å²) in [6, 6.07) is 1.33. The second-order valence-corrected chi connectivity index (χ2v) is 4.22. The van der Waals surface area contributed by atoms with E-state index in [0.29, 0.717) is 13.0 Å². The van der Waals surface area contributed by atoms with Crippen LogP contribution in [0.2, 0.25) is 0 Å². The molecule has 0 amide bonds. The third-order valence-electron chi connectivity index (χ3n) is 2.29. The third kappa shape index (κ3) is 3.07. The molecule has 0 aromatic carbocycles. The molecular formula is C10H14BrNO3. The Kier molecular flexibility index (Phi) is 4.35. The minimum absolute atomic E-state index is 0.470. The normalized spacial score (nSPS) is 13.1. The fraction of sp³-hybridized carbons (Fsp3) is 0.500. The van der Waals surface area contributed by atoms with Crippen LogP contribution in [-0.2, 0) is 11.3 Å². The summed E-state index contributed by atoms with van der Waals surface area (Å²) in [5.41, 5.74) is 0. The van der Waals surface area contributed by atoms with Crippen LogP contribution in [0.5, 0.6) is 0 Å². The van der Waals surface area contributed by atoms with E-state index in [1.54, 1.807) is 24.3 Å². The van der Waals surface area contributed by atoms with Crippen LogP contribution in [0.3, 0.4) is 0 Å². The van der Waals surface area contributed by atoms with Crippen molar-refractivity contribution in [1.29, 1.82) is 0 Å². The minimum atomic E-state index is -0.803. The molecule has 1 N–H and O–H groups in total. The number of halogens is 1. The molecule has 1 atom stereocenters. The maximum absolute atomic E-state index is 10.9. The van der Waals surface area contributed by atoms with Gasteiger partial charge in [0.2, 0.25) is 0 Å². The van der Waals surface area contributed by atoms with Crippen LogP contribution in [0.4, 0.5) is 0 Å². The molecule has 84 valence electrons. The first kappa shape index (κ1) is 12.3. The third-order valence-corrected chi connectivity index (χ3v) is 2.99. The van der Waals surface area contributed by atoms with E-state index in [-0.39, 0.29) is 0 Å². The highest BCUT2D eigenvalue weighted by Crippen LogP contribution is 2.20. The van der Waals surface area contributed by atoms with E-state index in [1.807, 2.05) is 6.92 Å². The van der Waals surface area contributed by atoms with Crippen molar-refractivity contribution in [3.63, 3.8) is 0 Å². The Morgan fingerprint density at radius 1 is 1.73 bits per heavy atom. The van der Waals surface area contributed by atoms with Gasteiger partial charge >= 0.3 is 5.97 Å². The van der Waals surface area contributed by atoms with E-state index >= 15 is 0 Å². The largest absolute Gasteiger partial charge is 0.480 e. The highest BCUT2D eigenvalue weighted by Gasteiger charge is 2.21. The number of carboxylic acid groups (broad SMARTS) is 1. The summed E-state index contributed by atoms with van der Waals surface area (Å²) in [6.07, 6.45) is 2.15. The molecule has 0 fully saturated rings. The number of furan rings is 1. The lowest BCUT2D eigenvalue weighted by Gasteiger charge is -2.22. The van der Waals surface area contributed by atoms with Gasteiger partial charge in [0, 0.05) is 0 Å². The van der Waals surface area contributed by atoms with Crippen LogP contribution in [0.25, 0.3) is 0 Å². The van der Waals surface area contributed by atoms with Crippen molar-refractivity contribution < 1.29 is 14.3 Å². The van der Waals surface area contributed by atoms with Gasteiger partial charge in [-0.1, -0.05) is 6.92 Å². The zero-order chi connectivity index (χ0) is 11.4. The van der Waals surface area contributed by atoms with Gasteiger partial charge in [-0.15, -0.1) is 0 Å². The molecule has 1 heterocycles. The molecule has 0 spiro atoms. The SMILES string of the molecule is CCC(C(=O)O)N(C)Cc1occc1Br. The summed E-state index contributed by atoms with van der Waals surface area (Å²) >= 11 is 3.33. The number of likely N-dealkylation sites (N-methyl/N-ethyl adjacent to an activating group) is 1. The summed E-state index contributed by atoms with van der Waals surface area (Å²) in [5.74, 6) is -0.0557. The van der Waals surface area contributed by atoms with E-state index in [2.05, 4.69) is 15.9 Å². The molecule has 1 aromatic rings. The maximum atomic E-state index is 10.9. The number of rotatable bonds is 5. The van der Waals surface area contributed by atoms with E-state index in [4.69, 9.17) is 9.52 Å². The first-order valence-corrected chi connectivity index (χ1v) is 5.50. The molecule has 1 aromatic heterocycles. The van der Waals surface area contributed by atoms with Gasteiger partial charge in [-0.3, -0.25) is 9.69 Å². The molecule has 0 aliphatic rings. The molecule has 15 heavy (non-hydrogen) atoms. The monoisotopic (exact) mass is 275 g/mol. The topological polar surface area (TPSA) is 53.7 Å². The molecule has 4 nitrogen and oxygen atoms in total. The molecule has 0 aliphatic carbocycles. The number of aliphatic carboxylic acids is 1. The van der Waals surface area contributed by atoms with Gasteiger partial charge in [-0.05, 0) is 35.5 Å². The van der Waals surface area contributed by atoms with Gasteiger partial charge in [-0.25, -0.2) is 0 Å². The number of nitrogens with zero attached hydrogens (tertiary/aromatic N) is 1. The lowest BCUT2D eigenvalue weighted by molar-refractivity contribution is -0.143. The van der Waals surface area contributed by atoms with Crippen LogP contribution in [0, 0.1) is 0 Å². The van der Waals surface area contributed by atoms with Crippen molar-refractivity contribution >= 4 is 21.9 Å². The Morgan fingerprint density at radius 3 is 2.80 bits per heavy atom. The Labute approximate surface area is 97.0 Å². The molecule has 5 heteroatoms. The highest BCUT2D eigenvalue weighted by atomic mass is 79.9. The van der Waals surface area contributed by atoms with Gasteiger partial charge in [0.1, 0.15) is 11.8 Å². The molecule has 0 saturated heterocycles. The quantitative estimate of drug-likeness (QED) is 0.896. The number of hydrogen-bond donors (Lipinski definition) is 1. The first-order chi connectivity index (χ1) is 7.06. The predicted molar refractivity (Wildman–Crippen MR) is 59.6 cm³/mol. The van der Waals surface area contributed by atoms with Crippen LogP contribution in [-0.4, -0.2) is 29.1 Å². The molecule has 0 saturated carbocycles. The Morgan fingerprint density at radius 2 is 2.40 bits per heavy atom. The molecule has 0 aliphatic heterocycles. The summed E-state index contributed by atoms with van der Waals surface area (Å²) in [6.45, 7) is 2.34. The Hall–Kier alpha value is -0.810. The number of carboxylic acids is 1. The van der Waals surface area contributed by atoms with Crippen molar-refractivity contribution in [2.75, 3.05) is 7.05 Å². The summed E-state index contributed by atoms with van der Waals surface area (Å²) in [4.78, 5) is 12.7. The van der Waals surface area contributed by atoms with E-state index < -0.39 is 12.0 Å².